The van der Waals surface area contributed by atoms with Crippen LogP contribution in [0.1, 0.15) is 0 Å². The number of halogens is 2. The van der Waals surface area contributed by atoms with Gasteiger partial charge < -0.3 is 0 Å². The van der Waals surface area contributed by atoms with Gasteiger partial charge in [0.15, 0.2) is 0 Å². The highest BCUT2D eigenvalue weighted by molar-refractivity contribution is 6.30. The van der Waals surface area contributed by atoms with Crippen molar-refractivity contribution in [3.8, 4) is 16.9 Å². The van der Waals surface area contributed by atoms with Gasteiger partial charge in [0.25, 0.3) is 0 Å². The Balaban J connectivity index is 2.15. The number of aromatic nitrogens is 3. The van der Waals surface area contributed by atoms with Gasteiger partial charge in [-0.1, -0.05) is 11.6 Å². The highest BCUT2D eigenvalue weighted by Crippen LogP contribution is 2.25. The summed E-state index contributed by atoms with van der Waals surface area (Å²) < 4.78 is 15.1. The Morgan fingerprint density at radius 2 is 2.16 bits per heavy atom. The van der Waals surface area contributed by atoms with Crippen LogP contribution in [-0.4, -0.2) is 14.8 Å². The molecule has 1 aromatic carbocycles. The van der Waals surface area contributed by atoms with Crippen LogP contribution in [0.5, 0.6) is 0 Å². The number of rotatable bonds is 2. The van der Waals surface area contributed by atoms with Gasteiger partial charge >= 0.3 is 0 Å². The third kappa shape index (κ3) is 2.35. The molecule has 0 atom stereocenters. The molecule has 19 heavy (non-hydrogen) atoms. The van der Waals surface area contributed by atoms with Crippen LogP contribution in [0.4, 0.5) is 4.39 Å². The first-order valence-electron chi connectivity index (χ1n) is 5.57. The van der Waals surface area contributed by atoms with Crippen LogP contribution in [0.25, 0.3) is 16.9 Å². The molecule has 3 nitrogen and oxygen atoms in total. The maximum absolute atomic E-state index is 13.4. The standard InChI is InChI=1S/C14H8ClFN3/c15-11-6-10(7-12(16)8-11)14-3-5-18-19(14)13-2-1-4-17-9-13/h1-4,6-9H. The minimum absolute atomic E-state index is 0.342. The average Bonchev–Trinajstić information content (AvgIpc) is 2.88. The van der Waals surface area contributed by atoms with E-state index in [0.29, 0.717) is 16.3 Å². The summed E-state index contributed by atoms with van der Waals surface area (Å²) in [5, 5.41) is 4.45. The van der Waals surface area contributed by atoms with Crippen LogP contribution in [-0.2, 0) is 0 Å². The van der Waals surface area contributed by atoms with Gasteiger partial charge in [0.05, 0.1) is 17.6 Å². The van der Waals surface area contributed by atoms with Crippen molar-refractivity contribution in [2.45, 2.75) is 0 Å². The maximum atomic E-state index is 13.4. The van der Waals surface area contributed by atoms with Crippen LogP contribution >= 0.6 is 11.6 Å². The molecule has 0 aliphatic carbocycles. The van der Waals surface area contributed by atoms with E-state index in [9.17, 15) is 4.39 Å². The van der Waals surface area contributed by atoms with Crippen LogP contribution in [0.3, 0.4) is 0 Å². The second-order valence-corrected chi connectivity index (χ2v) is 4.38. The Hall–Kier alpha value is -2.20. The third-order valence-corrected chi connectivity index (χ3v) is 2.85. The molecule has 0 saturated carbocycles. The Bertz CT molecular complexity index is 689. The molecule has 3 aromatic rings. The first-order chi connectivity index (χ1) is 9.24. The van der Waals surface area contributed by atoms with Gasteiger partial charge in [-0.05, 0) is 36.4 Å². The lowest BCUT2D eigenvalue weighted by Gasteiger charge is -2.07. The molecule has 1 radical (unpaired) electrons. The fourth-order valence-corrected chi connectivity index (χ4v) is 2.07. The fourth-order valence-electron chi connectivity index (χ4n) is 1.85. The van der Waals surface area contributed by atoms with E-state index < -0.39 is 0 Å². The van der Waals surface area contributed by atoms with Gasteiger partial charge in [-0.15, -0.1) is 0 Å². The predicted octanol–water partition coefficient (Wildman–Crippen LogP) is 3.53. The van der Waals surface area contributed by atoms with Gasteiger partial charge in [0.1, 0.15) is 12.0 Å². The molecule has 2 heterocycles. The molecule has 0 fully saturated rings. The van der Waals surface area contributed by atoms with Gasteiger partial charge in [-0.2, -0.15) is 5.10 Å². The summed E-state index contributed by atoms with van der Waals surface area (Å²) in [5.41, 5.74) is 2.12. The number of benzene rings is 1. The molecule has 93 valence electrons. The largest absolute Gasteiger partial charge is 0.262 e. The monoisotopic (exact) mass is 272 g/mol. The highest BCUT2D eigenvalue weighted by Gasteiger charge is 2.09. The van der Waals surface area contributed by atoms with E-state index in [-0.39, 0.29) is 5.82 Å². The topological polar surface area (TPSA) is 30.7 Å². The van der Waals surface area contributed by atoms with Crippen molar-refractivity contribution < 1.29 is 4.39 Å². The van der Waals surface area contributed by atoms with Gasteiger partial charge in [-0.3, -0.25) is 4.98 Å². The smallest absolute Gasteiger partial charge is 0.125 e. The summed E-state index contributed by atoms with van der Waals surface area (Å²) in [6, 6.07) is 9.70. The zero-order valence-electron chi connectivity index (χ0n) is 9.72. The lowest BCUT2D eigenvalue weighted by molar-refractivity contribution is 0.628. The SMILES string of the molecule is Fc1cc(Cl)cc(-c2c[c]nn2-c2cccnc2)c1. The zero-order chi connectivity index (χ0) is 13.2. The van der Waals surface area contributed by atoms with Crippen LogP contribution in [0.2, 0.25) is 5.02 Å². The van der Waals surface area contributed by atoms with Crippen molar-refractivity contribution in [2.75, 3.05) is 0 Å². The molecule has 0 saturated heterocycles. The molecule has 0 bridgehead atoms. The first-order valence-corrected chi connectivity index (χ1v) is 5.95. The molecule has 2 aromatic heterocycles. The third-order valence-electron chi connectivity index (χ3n) is 2.64. The molecule has 0 unspecified atom stereocenters. The lowest BCUT2D eigenvalue weighted by atomic mass is 10.1. The molecule has 5 heteroatoms. The summed E-state index contributed by atoms with van der Waals surface area (Å²) >= 11 is 5.87. The second-order valence-electron chi connectivity index (χ2n) is 3.94. The zero-order valence-corrected chi connectivity index (χ0v) is 10.5. The van der Waals surface area contributed by atoms with Crippen molar-refractivity contribution >= 4 is 11.6 Å². The molecule has 0 spiro atoms. The van der Waals surface area contributed by atoms with Crippen molar-refractivity contribution in [1.82, 2.24) is 14.8 Å². The summed E-state index contributed by atoms with van der Waals surface area (Å²) in [4.78, 5) is 4.04. The number of pyridine rings is 1. The summed E-state index contributed by atoms with van der Waals surface area (Å²) in [5.74, 6) is -0.388. The van der Waals surface area contributed by atoms with Crippen molar-refractivity contribution in [3.05, 3.63) is 65.8 Å². The molecule has 0 aliphatic heterocycles. The minimum atomic E-state index is -0.388. The van der Waals surface area contributed by atoms with E-state index in [4.69, 9.17) is 11.6 Å². The predicted molar refractivity (Wildman–Crippen MR) is 70.6 cm³/mol. The second kappa shape index (κ2) is 4.82. The Morgan fingerprint density at radius 3 is 2.89 bits per heavy atom. The molecule has 0 N–H and O–H groups in total. The van der Waals surface area contributed by atoms with Crippen LogP contribution in [0, 0.1) is 12.0 Å². The summed E-state index contributed by atoms with van der Waals surface area (Å²) in [6.45, 7) is 0. The van der Waals surface area contributed by atoms with Gasteiger partial charge in [0.2, 0.25) is 0 Å². The summed E-state index contributed by atoms with van der Waals surface area (Å²) in [6.07, 6.45) is 6.10. The van der Waals surface area contributed by atoms with E-state index in [1.807, 2.05) is 6.07 Å². The Labute approximate surface area is 114 Å². The van der Waals surface area contributed by atoms with E-state index in [0.717, 1.165) is 5.69 Å². The van der Waals surface area contributed by atoms with Crippen molar-refractivity contribution in [1.29, 1.82) is 0 Å². The van der Waals surface area contributed by atoms with E-state index in [1.165, 1.54) is 12.1 Å². The number of nitrogens with zero attached hydrogens (tertiary/aromatic N) is 3. The molecule has 3 rings (SSSR count). The molecular weight excluding hydrogens is 265 g/mol. The van der Waals surface area contributed by atoms with E-state index in [1.54, 1.807) is 35.3 Å². The van der Waals surface area contributed by atoms with Crippen LogP contribution in [0.15, 0.2) is 48.8 Å². The van der Waals surface area contributed by atoms with Gasteiger partial charge in [0, 0.05) is 16.8 Å². The molecule has 0 amide bonds. The number of hydrogen-bond donors (Lipinski definition) is 0. The van der Waals surface area contributed by atoms with Gasteiger partial charge in [-0.25, -0.2) is 9.07 Å². The van der Waals surface area contributed by atoms with E-state index >= 15 is 0 Å². The fraction of sp³-hybridized carbons (Fsp3) is 0. The first kappa shape index (κ1) is 11.9. The quantitative estimate of drug-likeness (QED) is 0.714. The molecule has 0 aliphatic rings. The van der Waals surface area contributed by atoms with Crippen molar-refractivity contribution in [3.63, 3.8) is 0 Å². The number of hydrogen-bond acceptors (Lipinski definition) is 2. The lowest BCUT2D eigenvalue weighted by Crippen LogP contribution is -1.99. The average molecular weight is 273 g/mol. The van der Waals surface area contributed by atoms with Crippen LogP contribution < -0.4 is 0 Å². The highest BCUT2D eigenvalue weighted by atomic mass is 35.5. The normalized spacial score (nSPS) is 10.6. The maximum Gasteiger partial charge on any atom is 0.125 e. The van der Waals surface area contributed by atoms with Crippen molar-refractivity contribution in [2.24, 2.45) is 0 Å². The molecular formula is C14H8ClFN3. The Morgan fingerprint density at radius 1 is 1.26 bits per heavy atom. The Kier molecular flexibility index (Phi) is 3.01. The van der Waals surface area contributed by atoms with E-state index in [2.05, 4.69) is 16.3 Å². The minimum Gasteiger partial charge on any atom is -0.262 e. The summed E-state index contributed by atoms with van der Waals surface area (Å²) in [7, 11) is 0.